The van der Waals surface area contributed by atoms with Crippen molar-refractivity contribution in [2.24, 2.45) is 0 Å². The van der Waals surface area contributed by atoms with Crippen molar-refractivity contribution in [1.29, 1.82) is 0 Å². The van der Waals surface area contributed by atoms with Crippen LogP contribution in [0.5, 0.6) is 0 Å². The van der Waals surface area contributed by atoms with Gasteiger partial charge in [0.15, 0.2) is 0 Å². The molecule has 1 aliphatic rings. The van der Waals surface area contributed by atoms with Crippen LogP contribution in [-0.4, -0.2) is 51.1 Å². The first-order chi connectivity index (χ1) is 12.4. The normalized spacial score (nSPS) is 19.7. The van der Waals surface area contributed by atoms with Gasteiger partial charge in [0.25, 0.3) is 0 Å². The molecule has 0 amide bonds. The summed E-state index contributed by atoms with van der Waals surface area (Å²) in [6.45, 7) is 6.13. The largest absolute Gasteiger partial charge is 0.463 e. The number of carbonyl (C=O) groups excluding carboxylic acids is 2. The molecule has 144 valence electrons. The van der Waals surface area contributed by atoms with E-state index in [1.807, 2.05) is 6.07 Å². The zero-order valence-corrected chi connectivity index (χ0v) is 15.8. The predicted molar refractivity (Wildman–Crippen MR) is 97.8 cm³/mol. The summed E-state index contributed by atoms with van der Waals surface area (Å²) in [5.74, 6) is -0.265. The van der Waals surface area contributed by atoms with Crippen LogP contribution in [0.15, 0.2) is 42.5 Å². The third-order valence-electron chi connectivity index (χ3n) is 3.64. The number of carbonyl (C=O) groups is 2. The van der Waals surface area contributed by atoms with E-state index in [0.29, 0.717) is 12.5 Å². The molecule has 26 heavy (non-hydrogen) atoms. The second-order valence-electron chi connectivity index (χ2n) is 5.94. The molecule has 1 aliphatic heterocycles. The molecule has 0 aliphatic carbocycles. The number of rotatable bonds is 6. The molecule has 0 N–H and O–H groups in total. The number of hydrogen-bond acceptors (Lipinski definition) is 6. The van der Waals surface area contributed by atoms with Crippen molar-refractivity contribution in [3.63, 3.8) is 0 Å². The van der Waals surface area contributed by atoms with Crippen molar-refractivity contribution in [3.05, 3.63) is 48.0 Å². The summed E-state index contributed by atoms with van der Waals surface area (Å²) in [6, 6.07) is 10.4. The molecule has 0 saturated heterocycles. The summed E-state index contributed by atoms with van der Waals surface area (Å²) < 4.78 is 20.2. The van der Waals surface area contributed by atoms with Crippen LogP contribution < -0.4 is 0 Å². The van der Waals surface area contributed by atoms with Crippen LogP contribution in [0, 0.1) is 0 Å². The summed E-state index contributed by atoms with van der Waals surface area (Å²) in [7, 11) is 1.74. The minimum atomic E-state index is -0.476. The topological polar surface area (TPSA) is 71.1 Å². The van der Waals surface area contributed by atoms with Gasteiger partial charge >= 0.3 is 11.9 Å². The Hall–Kier alpha value is -2.18. The van der Waals surface area contributed by atoms with E-state index in [2.05, 4.69) is 31.2 Å². The number of benzene rings is 1. The van der Waals surface area contributed by atoms with Crippen molar-refractivity contribution >= 4 is 11.9 Å². The fraction of sp³-hybridized carbons (Fsp3) is 0.500. The molecule has 0 bridgehead atoms. The maximum absolute atomic E-state index is 10.8. The van der Waals surface area contributed by atoms with Gasteiger partial charge < -0.3 is 18.9 Å². The second kappa shape index (κ2) is 12.2. The monoisotopic (exact) mass is 364 g/mol. The molecule has 0 radical (unpaired) electrons. The van der Waals surface area contributed by atoms with Crippen LogP contribution in [0.3, 0.4) is 0 Å². The molecule has 0 fully saturated rings. The smallest absolute Gasteiger partial charge is 0.303 e. The highest BCUT2D eigenvalue weighted by Gasteiger charge is 2.26. The van der Waals surface area contributed by atoms with Gasteiger partial charge in [0.1, 0.15) is 18.8 Å². The Morgan fingerprint density at radius 2 is 1.88 bits per heavy atom. The van der Waals surface area contributed by atoms with Crippen molar-refractivity contribution in [3.8, 4) is 0 Å². The molecule has 1 heterocycles. The molecule has 6 heteroatoms. The van der Waals surface area contributed by atoms with E-state index < -0.39 is 12.2 Å². The van der Waals surface area contributed by atoms with Gasteiger partial charge in [-0.05, 0) is 11.6 Å². The first kappa shape index (κ1) is 21.9. The van der Waals surface area contributed by atoms with Gasteiger partial charge in [-0.15, -0.1) is 0 Å². The fourth-order valence-electron chi connectivity index (χ4n) is 2.36. The van der Waals surface area contributed by atoms with Crippen molar-refractivity contribution in [2.75, 3.05) is 26.9 Å². The lowest BCUT2D eigenvalue weighted by Crippen LogP contribution is -2.38. The summed E-state index contributed by atoms with van der Waals surface area (Å²) in [5.41, 5.74) is 1.34. The van der Waals surface area contributed by atoms with E-state index in [1.165, 1.54) is 19.4 Å². The zero-order chi connectivity index (χ0) is 19.4. The number of hydrogen-bond donors (Lipinski definition) is 0. The lowest BCUT2D eigenvalue weighted by molar-refractivity contribution is -0.158. The second-order valence-corrected chi connectivity index (χ2v) is 5.94. The molecule has 0 saturated carbocycles. The minimum absolute atomic E-state index is 0.0949. The summed E-state index contributed by atoms with van der Waals surface area (Å²) in [5, 5.41) is 0. The molecule has 2 rings (SSSR count). The molecular weight excluding hydrogens is 336 g/mol. The molecule has 0 spiro atoms. The maximum atomic E-state index is 10.8. The molecule has 0 unspecified atom stereocenters. The van der Waals surface area contributed by atoms with E-state index in [4.69, 9.17) is 18.9 Å². The van der Waals surface area contributed by atoms with Gasteiger partial charge in [0.05, 0.1) is 13.2 Å². The highest BCUT2D eigenvalue weighted by Crippen LogP contribution is 2.14. The quantitative estimate of drug-likeness (QED) is 0.571. The van der Waals surface area contributed by atoms with Crippen LogP contribution in [0.1, 0.15) is 32.3 Å². The summed E-state index contributed by atoms with van der Waals surface area (Å²) >= 11 is 0. The molecule has 6 nitrogen and oxygen atoms in total. The average Bonchev–Trinajstić information content (AvgIpc) is 2.62. The number of esters is 2. The fourth-order valence-corrected chi connectivity index (χ4v) is 2.36. The number of ether oxygens (including phenoxy) is 4. The zero-order valence-electron chi connectivity index (χ0n) is 15.8. The van der Waals surface area contributed by atoms with Crippen molar-refractivity contribution in [1.82, 2.24) is 0 Å². The number of methoxy groups -OCH3 is 1. The van der Waals surface area contributed by atoms with Gasteiger partial charge in [0.2, 0.25) is 0 Å². The van der Waals surface area contributed by atoms with Crippen LogP contribution >= 0.6 is 0 Å². The molecule has 0 aromatic heterocycles. The third kappa shape index (κ3) is 8.78. The van der Waals surface area contributed by atoms with Gasteiger partial charge in [-0.2, -0.15) is 0 Å². The highest BCUT2D eigenvalue weighted by atomic mass is 16.6. The van der Waals surface area contributed by atoms with Crippen LogP contribution in [0.2, 0.25) is 0 Å². The van der Waals surface area contributed by atoms with E-state index >= 15 is 0 Å². The van der Waals surface area contributed by atoms with E-state index in [-0.39, 0.29) is 18.5 Å². The first-order valence-corrected chi connectivity index (χ1v) is 8.56. The lowest BCUT2D eigenvalue weighted by atomic mass is 10.0. The molecule has 1 aromatic carbocycles. The van der Waals surface area contributed by atoms with Gasteiger partial charge in [-0.25, -0.2) is 0 Å². The Kier molecular flexibility index (Phi) is 10.3. The maximum Gasteiger partial charge on any atom is 0.303 e. The predicted octanol–water partition coefficient (Wildman–Crippen LogP) is 2.87. The summed E-state index contributed by atoms with van der Waals surface area (Å²) in [6.07, 6.45) is 2.61. The van der Waals surface area contributed by atoms with Crippen molar-refractivity contribution in [2.45, 2.75) is 38.9 Å². The average molecular weight is 364 g/mol. The molecule has 1 aromatic rings. The van der Waals surface area contributed by atoms with E-state index in [1.54, 1.807) is 19.3 Å². The molecule has 3 atom stereocenters. The molecular formula is C20H28O6. The lowest BCUT2D eigenvalue weighted by Gasteiger charge is -2.26. The minimum Gasteiger partial charge on any atom is -0.463 e. The van der Waals surface area contributed by atoms with Crippen molar-refractivity contribution < 1.29 is 28.5 Å². The Balaban J connectivity index is 0.000000273. The highest BCUT2D eigenvalue weighted by molar-refractivity contribution is 5.66. The van der Waals surface area contributed by atoms with Crippen LogP contribution in [0.25, 0.3) is 0 Å². The van der Waals surface area contributed by atoms with Gasteiger partial charge in [-0.1, -0.05) is 43.3 Å². The standard InChI is InChI=1S/C10H14O5.C10H14O/c1-7(11)14-6-10-9(15-8(2)12)4-3-5-13-10;1-9(8-11-2)10-6-4-3-5-7-10/h3-4,9-10H,5-6H2,1-2H3;3-7,9H,8H2,1-2H3/t9-,10+;9-/m00/s1. The SMILES string of the molecule is CC(=O)OC[C@H]1OCC=C[C@@H]1OC(C)=O.COC[C@H](C)c1ccccc1. The van der Waals surface area contributed by atoms with E-state index in [0.717, 1.165) is 6.61 Å². The van der Waals surface area contributed by atoms with Gasteiger partial charge in [0, 0.05) is 26.9 Å². The Morgan fingerprint density at radius 1 is 1.19 bits per heavy atom. The van der Waals surface area contributed by atoms with Crippen LogP contribution in [0.4, 0.5) is 0 Å². The summed E-state index contributed by atoms with van der Waals surface area (Å²) in [4.78, 5) is 21.4. The van der Waals surface area contributed by atoms with Crippen LogP contribution in [-0.2, 0) is 28.5 Å². The Morgan fingerprint density at radius 3 is 2.46 bits per heavy atom. The van der Waals surface area contributed by atoms with Gasteiger partial charge in [-0.3, -0.25) is 9.59 Å². The Bertz CT molecular complexity index is 569. The third-order valence-corrected chi connectivity index (χ3v) is 3.64. The van der Waals surface area contributed by atoms with E-state index in [9.17, 15) is 9.59 Å². The Labute approximate surface area is 155 Å². The first-order valence-electron chi connectivity index (χ1n) is 8.56.